The van der Waals surface area contributed by atoms with Crippen LogP contribution in [0, 0.1) is 0 Å². The van der Waals surface area contributed by atoms with Gasteiger partial charge in [-0.05, 0) is 25.0 Å². The maximum absolute atomic E-state index is 11.4. The standard InChI is InChI=1S/C11H12N2O3/c14-9-3-1-2-8(6-9)13-11(16)10(15)12-7-4-5-7/h1-3,6-7,14H,4-5H2,(H,12,15)(H,13,16). The molecule has 1 aromatic carbocycles. The average molecular weight is 220 g/mol. The van der Waals surface area contributed by atoms with Crippen LogP contribution in [0.1, 0.15) is 12.8 Å². The van der Waals surface area contributed by atoms with Gasteiger partial charge in [-0.2, -0.15) is 0 Å². The van der Waals surface area contributed by atoms with Gasteiger partial charge < -0.3 is 15.7 Å². The molecule has 3 N–H and O–H groups in total. The van der Waals surface area contributed by atoms with Gasteiger partial charge in [-0.15, -0.1) is 0 Å². The van der Waals surface area contributed by atoms with Crippen LogP contribution in [0.4, 0.5) is 5.69 Å². The van der Waals surface area contributed by atoms with Crippen molar-refractivity contribution in [3.05, 3.63) is 24.3 Å². The fraction of sp³-hybridized carbons (Fsp3) is 0.273. The predicted molar refractivity (Wildman–Crippen MR) is 57.9 cm³/mol. The van der Waals surface area contributed by atoms with E-state index < -0.39 is 11.8 Å². The van der Waals surface area contributed by atoms with Crippen molar-refractivity contribution in [2.45, 2.75) is 18.9 Å². The molecule has 0 bridgehead atoms. The summed E-state index contributed by atoms with van der Waals surface area (Å²) in [7, 11) is 0. The normalized spacial score (nSPS) is 14.2. The summed E-state index contributed by atoms with van der Waals surface area (Å²) in [5.41, 5.74) is 0.399. The number of nitrogens with one attached hydrogen (secondary N) is 2. The second kappa shape index (κ2) is 4.22. The summed E-state index contributed by atoms with van der Waals surface area (Å²) in [6.07, 6.45) is 1.87. The van der Waals surface area contributed by atoms with Crippen LogP contribution in [0.3, 0.4) is 0 Å². The number of amides is 2. The van der Waals surface area contributed by atoms with Crippen molar-refractivity contribution in [2.75, 3.05) is 5.32 Å². The van der Waals surface area contributed by atoms with Crippen LogP contribution in [0.15, 0.2) is 24.3 Å². The third-order valence-electron chi connectivity index (χ3n) is 2.22. The first-order valence-corrected chi connectivity index (χ1v) is 5.06. The molecule has 1 fully saturated rings. The summed E-state index contributed by atoms with van der Waals surface area (Å²) in [5.74, 6) is -1.30. The van der Waals surface area contributed by atoms with E-state index in [0.29, 0.717) is 5.69 Å². The highest BCUT2D eigenvalue weighted by molar-refractivity contribution is 6.39. The Labute approximate surface area is 92.5 Å². The number of carbonyl (C=O) groups is 2. The van der Waals surface area contributed by atoms with Crippen molar-refractivity contribution >= 4 is 17.5 Å². The Morgan fingerprint density at radius 2 is 2.00 bits per heavy atom. The zero-order chi connectivity index (χ0) is 11.5. The van der Waals surface area contributed by atoms with E-state index >= 15 is 0 Å². The van der Waals surface area contributed by atoms with Crippen molar-refractivity contribution in [1.29, 1.82) is 0 Å². The van der Waals surface area contributed by atoms with E-state index in [9.17, 15) is 9.59 Å². The minimum absolute atomic E-state index is 0.0420. The molecule has 2 amide bonds. The molecule has 0 aromatic heterocycles. The lowest BCUT2D eigenvalue weighted by molar-refractivity contribution is -0.136. The molecular weight excluding hydrogens is 208 g/mol. The largest absolute Gasteiger partial charge is 0.508 e. The number of aromatic hydroxyl groups is 1. The maximum Gasteiger partial charge on any atom is 0.313 e. The number of hydrogen-bond acceptors (Lipinski definition) is 3. The highest BCUT2D eigenvalue weighted by atomic mass is 16.3. The molecule has 0 heterocycles. The number of benzene rings is 1. The Hall–Kier alpha value is -2.04. The van der Waals surface area contributed by atoms with Crippen LogP contribution < -0.4 is 10.6 Å². The molecule has 1 aromatic rings. The third-order valence-corrected chi connectivity index (χ3v) is 2.22. The summed E-state index contributed by atoms with van der Waals surface area (Å²) in [4.78, 5) is 22.7. The van der Waals surface area contributed by atoms with Gasteiger partial charge in [-0.3, -0.25) is 9.59 Å². The molecule has 0 saturated heterocycles. The topological polar surface area (TPSA) is 78.4 Å². The van der Waals surface area contributed by atoms with Crippen molar-refractivity contribution in [1.82, 2.24) is 5.32 Å². The lowest BCUT2D eigenvalue weighted by atomic mass is 10.3. The van der Waals surface area contributed by atoms with Crippen molar-refractivity contribution in [3.63, 3.8) is 0 Å². The molecule has 1 aliphatic rings. The molecule has 0 spiro atoms. The summed E-state index contributed by atoms with van der Waals surface area (Å²) in [6.45, 7) is 0. The molecule has 1 aliphatic carbocycles. The highest BCUT2D eigenvalue weighted by Crippen LogP contribution is 2.19. The Morgan fingerprint density at radius 1 is 1.25 bits per heavy atom. The van der Waals surface area contributed by atoms with Crippen molar-refractivity contribution < 1.29 is 14.7 Å². The molecule has 5 nitrogen and oxygen atoms in total. The minimum Gasteiger partial charge on any atom is -0.508 e. The molecule has 2 rings (SSSR count). The molecule has 84 valence electrons. The van der Waals surface area contributed by atoms with E-state index in [2.05, 4.69) is 10.6 Å². The monoisotopic (exact) mass is 220 g/mol. The lowest BCUT2D eigenvalue weighted by Crippen LogP contribution is -2.36. The Kier molecular flexibility index (Phi) is 2.76. The van der Waals surface area contributed by atoms with E-state index in [4.69, 9.17) is 5.11 Å². The van der Waals surface area contributed by atoms with Gasteiger partial charge in [0.05, 0.1) is 0 Å². The van der Waals surface area contributed by atoms with Crippen LogP contribution in [0.5, 0.6) is 5.75 Å². The zero-order valence-corrected chi connectivity index (χ0v) is 8.56. The molecular formula is C11H12N2O3. The van der Waals surface area contributed by atoms with E-state index in [0.717, 1.165) is 12.8 Å². The van der Waals surface area contributed by atoms with Gasteiger partial charge >= 0.3 is 11.8 Å². The molecule has 5 heteroatoms. The van der Waals surface area contributed by atoms with Crippen LogP contribution in [0.2, 0.25) is 0 Å². The predicted octanol–water partition coefficient (Wildman–Crippen LogP) is 0.609. The smallest absolute Gasteiger partial charge is 0.313 e. The zero-order valence-electron chi connectivity index (χ0n) is 8.56. The Balaban J connectivity index is 1.93. The lowest BCUT2D eigenvalue weighted by Gasteiger charge is -2.05. The minimum atomic E-state index is -0.711. The summed E-state index contributed by atoms with van der Waals surface area (Å²) < 4.78 is 0. The van der Waals surface area contributed by atoms with Gasteiger partial charge in [0.1, 0.15) is 5.75 Å². The van der Waals surface area contributed by atoms with Gasteiger partial charge in [0.2, 0.25) is 0 Å². The second-order valence-electron chi connectivity index (χ2n) is 3.75. The fourth-order valence-electron chi connectivity index (χ4n) is 1.25. The van der Waals surface area contributed by atoms with Crippen molar-refractivity contribution in [2.24, 2.45) is 0 Å². The molecule has 16 heavy (non-hydrogen) atoms. The maximum atomic E-state index is 11.4. The molecule has 1 saturated carbocycles. The summed E-state index contributed by atoms with van der Waals surface area (Å²) >= 11 is 0. The first-order chi connectivity index (χ1) is 7.65. The summed E-state index contributed by atoms with van der Waals surface area (Å²) in [6, 6.07) is 6.20. The number of phenolic OH excluding ortho intramolecular Hbond substituents is 1. The number of hydrogen-bond donors (Lipinski definition) is 3. The molecule has 0 radical (unpaired) electrons. The number of phenols is 1. The summed E-state index contributed by atoms with van der Waals surface area (Å²) in [5, 5.41) is 14.1. The Bertz CT molecular complexity index is 427. The second-order valence-corrected chi connectivity index (χ2v) is 3.75. The van der Waals surface area contributed by atoms with E-state index in [1.165, 1.54) is 12.1 Å². The van der Waals surface area contributed by atoms with Crippen molar-refractivity contribution in [3.8, 4) is 5.75 Å². The molecule has 0 atom stereocenters. The van der Waals surface area contributed by atoms with Gasteiger partial charge in [0.25, 0.3) is 0 Å². The van der Waals surface area contributed by atoms with E-state index in [1.807, 2.05) is 0 Å². The highest BCUT2D eigenvalue weighted by Gasteiger charge is 2.26. The van der Waals surface area contributed by atoms with E-state index in [1.54, 1.807) is 12.1 Å². The van der Waals surface area contributed by atoms with Gasteiger partial charge in [-0.1, -0.05) is 6.07 Å². The quantitative estimate of drug-likeness (QED) is 0.639. The molecule has 0 aliphatic heterocycles. The van der Waals surface area contributed by atoms with Gasteiger partial charge in [-0.25, -0.2) is 0 Å². The van der Waals surface area contributed by atoms with E-state index in [-0.39, 0.29) is 11.8 Å². The average Bonchev–Trinajstić information content (AvgIpc) is 3.01. The van der Waals surface area contributed by atoms with Gasteiger partial charge in [0, 0.05) is 17.8 Å². The van der Waals surface area contributed by atoms with Crippen LogP contribution >= 0.6 is 0 Å². The molecule has 0 unspecified atom stereocenters. The van der Waals surface area contributed by atoms with Gasteiger partial charge in [0.15, 0.2) is 0 Å². The third kappa shape index (κ3) is 2.73. The Morgan fingerprint density at radius 3 is 2.62 bits per heavy atom. The SMILES string of the molecule is O=C(Nc1cccc(O)c1)C(=O)NC1CC1. The fourth-order valence-corrected chi connectivity index (χ4v) is 1.25. The number of rotatable bonds is 2. The van der Waals surface area contributed by atoms with Crippen LogP contribution in [-0.2, 0) is 9.59 Å². The van der Waals surface area contributed by atoms with Crippen LogP contribution in [0.25, 0.3) is 0 Å². The first kappa shape index (κ1) is 10.5. The number of anilines is 1. The number of carbonyl (C=O) groups excluding carboxylic acids is 2. The first-order valence-electron chi connectivity index (χ1n) is 5.06. The van der Waals surface area contributed by atoms with Crippen LogP contribution in [-0.4, -0.2) is 23.0 Å².